The molecule has 0 aliphatic heterocycles. The van der Waals surface area contributed by atoms with Gasteiger partial charge in [-0.1, -0.05) is 12.1 Å². The minimum Gasteiger partial charge on any atom is -0.292 e. The highest BCUT2D eigenvalue weighted by molar-refractivity contribution is 5.97. The second-order valence-corrected chi connectivity index (χ2v) is 7.11. The minimum absolute atomic E-state index is 0.245. The molecule has 2 aromatic rings. The first kappa shape index (κ1) is 15.1. The normalized spacial score (nSPS) is 17.3. The first-order valence-electron chi connectivity index (χ1n) is 8.80. The summed E-state index contributed by atoms with van der Waals surface area (Å²) in [4.78, 5) is 12.8. The van der Waals surface area contributed by atoms with E-state index in [0.29, 0.717) is 23.9 Å². The van der Waals surface area contributed by atoms with Crippen molar-refractivity contribution in [2.75, 3.05) is 0 Å². The monoisotopic (exact) mass is 319 g/mol. The minimum atomic E-state index is 0.245. The fraction of sp³-hybridized carbons (Fsp3) is 0.450. The lowest BCUT2D eigenvalue weighted by Gasteiger charge is -2.27. The van der Waals surface area contributed by atoms with Crippen molar-refractivity contribution >= 4 is 5.78 Å². The standard InChI is InChI=1S/C20H21N3O/c1-13-19(16-9-7-15(12-21)8-10-16)22-23(17-3-2-4-17)20(13)18(24)11-14-5-6-14/h7-10,14,17H,2-6,11H2,1H3. The SMILES string of the molecule is Cc1c(-c2ccc(C#N)cc2)nn(C2CCC2)c1C(=O)CC1CC1. The predicted octanol–water partition coefficient (Wildman–Crippen LogP) is 4.44. The van der Waals surface area contributed by atoms with Crippen LogP contribution in [0.5, 0.6) is 0 Å². The highest BCUT2D eigenvalue weighted by atomic mass is 16.1. The van der Waals surface area contributed by atoms with Crippen molar-refractivity contribution in [1.82, 2.24) is 9.78 Å². The van der Waals surface area contributed by atoms with Gasteiger partial charge < -0.3 is 0 Å². The number of hydrogen-bond acceptors (Lipinski definition) is 3. The van der Waals surface area contributed by atoms with E-state index in [1.807, 2.05) is 35.9 Å². The van der Waals surface area contributed by atoms with Gasteiger partial charge in [0.2, 0.25) is 0 Å². The van der Waals surface area contributed by atoms with E-state index in [4.69, 9.17) is 10.4 Å². The molecule has 0 spiro atoms. The summed E-state index contributed by atoms with van der Waals surface area (Å²) in [5.41, 5.74) is 4.29. The van der Waals surface area contributed by atoms with Crippen LogP contribution in [0.2, 0.25) is 0 Å². The summed E-state index contributed by atoms with van der Waals surface area (Å²) in [7, 11) is 0. The zero-order valence-electron chi connectivity index (χ0n) is 14.0. The lowest BCUT2D eigenvalue weighted by Crippen LogP contribution is -2.22. The average molecular weight is 319 g/mol. The van der Waals surface area contributed by atoms with Gasteiger partial charge in [-0.15, -0.1) is 0 Å². The molecule has 24 heavy (non-hydrogen) atoms. The second-order valence-electron chi connectivity index (χ2n) is 7.11. The number of rotatable bonds is 5. The van der Waals surface area contributed by atoms with Gasteiger partial charge in [-0.2, -0.15) is 10.4 Å². The summed E-state index contributed by atoms with van der Waals surface area (Å²) < 4.78 is 2.00. The van der Waals surface area contributed by atoms with E-state index in [9.17, 15) is 4.79 Å². The molecular weight excluding hydrogens is 298 g/mol. The van der Waals surface area contributed by atoms with Crippen LogP contribution in [0.1, 0.15) is 66.2 Å². The molecule has 0 saturated heterocycles. The van der Waals surface area contributed by atoms with Crippen LogP contribution in [0.3, 0.4) is 0 Å². The molecule has 1 aromatic carbocycles. The molecule has 4 rings (SSSR count). The van der Waals surface area contributed by atoms with E-state index in [0.717, 1.165) is 35.4 Å². The Morgan fingerprint density at radius 3 is 2.50 bits per heavy atom. The fourth-order valence-corrected chi connectivity index (χ4v) is 3.41. The molecule has 2 fully saturated rings. The summed E-state index contributed by atoms with van der Waals surface area (Å²) in [6.45, 7) is 2.01. The molecule has 2 aliphatic carbocycles. The molecule has 0 radical (unpaired) electrons. The molecule has 0 bridgehead atoms. The van der Waals surface area contributed by atoms with Crippen LogP contribution < -0.4 is 0 Å². The fourth-order valence-electron chi connectivity index (χ4n) is 3.41. The molecule has 0 atom stereocenters. The Balaban J connectivity index is 1.75. The van der Waals surface area contributed by atoms with Gasteiger partial charge in [0.1, 0.15) is 5.69 Å². The van der Waals surface area contributed by atoms with Gasteiger partial charge in [-0.05, 0) is 57.1 Å². The Kier molecular flexibility index (Phi) is 3.72. The number of carbonyl (C=O) groups excluding carboxylic acids is 1. The Morgan fingerprint density at radius 1 is 1.25 bits per heavy atom. The third-order valence-corrected chi connectivity index (χ3v) is 5.29. The molecule has 0 amide bonds. The largest absolute Gasteiger partial charge is 0.292 e. The predicted molar refractivity (Wildman–Crippen MR) is 91.7 cm³/mol. The van der Waals surface area contributed by atoms with Crippen LogP contribution in [0.15, 0.2) is 24.3 Å². The summed E-state index contributed by atoms with van der Waals surface area (Å²) in [5, 5.41) is 13.8. The van der Waals surface area contributed by atoms with Gasteiger partial charge in [-0.3, -0.25) is 9.48 Å². The Labute approximate surface area is 142 Å². The van der Waals surface area contributed by atoms with E-state index in [1.54, 1.807) is 0 Å². The molecule has 4 heteroatoms. The van der Waals surface area contributed by atoms with Gasteiger partial charge >= 0.3 is 0 Å². The number of hydrogen-bond donors (Lipinski definition) is 0. The molecule has 1 aromatic heterocycles. The Bertz CT molecular complexity index is 818. The first-order chi connectivity index (χ1) is 11.7. The smallest absolute Gasteiger partial charge is 0.181 e. The lowest BCUT2D eigenvalue weighted by atomic mass is 9.92. The highest BCUT2D eigenvalue weighted by Crippen LogP contribution is 2.38. The molecule has 0 N–H and O–H groups in total. The van der Waals surface area contributed by atoms with Crippen LogP contribution in [-0.4, -0.2) is 15.6 Å². The van der Waals surface area contributed by atoms with Gasteiger partial charge in [0.05, 0.1) is 23.4 Å². The zero-order valence-corrected chi connectivity index (χ0v) is 14.0. The molecule has 4 nitrogen and oxygen atoms in total. The average Bonchev–Trinajstić information content (AvgIpc) is 3.28. The number of ketones is 1. The van der Waals surface area contributed by atoms with Gasteiger partial charge in [-0.25, -0.2) is 0 Å². The van der Waals surface area contributed by atoms with Crippen molar-refractivity contribution in [2.45, 2.75) is 51.5 Å². The Morgan fingerprint density at radius 2 is 1.96 bits per heavy atom. The van der Waals surface area contributed by atoms with Crippen molar-refractivity contribution in [3.63, 3.8) is 0 Å². The molecule has 122 valence electrons. The van der Waals surface area contributed by atoms with Crippen molar-refractivity contribution in [1.29, 1.82) is 5.26 Å². The van der Waals surface area contributed by atoms with Gasteiger partial charge in [0.25, 0.3) is 0 Å². The summed E-state index contributed by atoms with van der Waals surface area (Å²) >= 11 is 0. The topological polar surface area (TPSA) is 58.7 Å². The van der Waals surface area contributed by atoms with E-state index in [1.165, 1.54) is 19.3 Å². The summed E-state index contributed by atoms with van der Waals surface area (Å²) in [6, 6.07) is 9.98. The lowest BCUT2D eigenvalue weighted by molar-refractivity contribution is 0.0957. The summed E-state index contributed by atoms with van der Waals surface area (Å²) in [6.07, 6.45) is 6.46. The number of nitriles is 1. The van der Waals surface area contributed by atoms with E-state index >= 15 is 0 Å². The van der Waals surface area contributed by atoms with E-state index in [-0.39, 0.29) is 5.78 Å². The number of benzene rings is 1. The molecule has 0 unspecified atom stereocenters. The number of nitrogens with zero attached hydrogens (tertiary/aromatic N) is 3. The maximum atomic E-state index is 12.8. The second kappa shape index (κ2) is 5.90. The van der Waals surface area contributed by atoms with Crippen molar-refractivity contribution in [2.24, 2.45) is 5.92 Å². The maximum Gasteiger partial charge on any atom is 0.181 e. The summed E-state index contributed by atoms with van der Waals surface area (Å²) in [5.74, 6) is 0.828. The van der Waals surface area contributed by atoms with Gasteiger partial charge in [0, 0.05) is 17.5 Å². The molecular formula is C20H21N3O. The number of Topliss-reactive ketones (excluding diaryl/α,β-unsaturated/α-hetero) is 1. The zero-order chi connectivity index (χ0) is 16.7. The van der Waals surface area contributed by atoms with E-state index in [2.05, 4.69) is 6.07 Å². The van der Waals surface area contributed by atoms with Crippen LogP contribution in [0, 0.1) is 24.2 Å². The highest BCUT2D eigenvalue weighted by Gasteiger charge is 2.32. The van der Waals surface area contributed by atoms with Gasteiger partial charge in [0.15, 0.2) is 5.78 Å². The molecule has 2 aliphatic rings. The third-order valence-electron chi connectivity index (χ3n) is 5.29. The van der Waals surface area contributed by atoms with E-state index < -0.39 is 0 Å². The maximum absolute atomic E-state index is 12.8. The van der Waals surface area contributed by atoms with Crippen LogP contribution in [0.4, 0.5) is 0 Å². The Hall–Kier alpha value is -2.41. The van der Waals surface area contributed by atoms with Crippen molar-refractivity contribution < 1.29 is 4.79 Å². The molecule has 1 heterocycles. The van der Waals surface area contributed by atoms with Crippen LogP contribution in [0.25, 0.3) is 11.3 Å². The molecule has 2 saturated carbocycles. The number of carbonyl (C=O) groups is 1. The van der Waals surface area contributed by atoms with Crippen LogP contribution in [-0.2, 0) is 0 Å². The third kappa shape index (κ3) is 2.65. The first-order valence-corrected chi connectivity index (χ1v) is 8.80. The van der Waals surface area contributed by atoms with Crippen LogP contribution >= 0.6 is 0 Å². The van der Waals surface area contributed by atoms with Crippen molar-refractivity contribution in [3.8, 4) is 17.3 Å². The quantitative estimate of drug-likeness (QED) is 0.766. The van der Waals surface area contributed by atoms with Crippen molar-refractivity contribution in [3.05, 3.63) is 41.1 Å². The number of aromatic nitrogens is 2.